The van der Waals surface area contributed by atoms with Crippen LogP contribution in [0.4, 0.5) is 0 Å². The molecule has 1 heterocycles. The third kappa shape index (κ3) is 5.66. The van der Waals surface area contributed by atoms with Gasteiger partial charge in [-0.25, -0.2) is 13.1 Å². The maximum Gasteiger partial charge on any atom is 0.240 e. The molecular weight excluding hydrogens is 434 g/mol. The number of likely N-dealkylation sites (tertiary alicyclic amines) is 1. The molecule has 2 N–H and O–H groups in total. The first-order valence-corrected chi connectivity index (χ1v) is 12.5. The number of hydrogen-bond donors (Lipinski definition) is 2. The predicted molar refractivity (Wildman–Crippen MR) is 122 cm³/mol. The minimum absolute atomic E-state index is 0.0300. The lowest BCUT2D eigenvalue weighted by atomic mass is 9.96. The predicted octanol–water partition coefficient (Wildman–Crippen LogP) is 2.93. The van der Waals surface area contributed by atoms with Crippen LogP contribution in [0.1, 0.15) is 31.2 Å². The number of hydrogen-bond acceptors (Lipinski definition) is 4. The van der Waals surface area contributed by atoms with E-state index in [-0.39, 0.29) is 22.3 Å². The molecular formula is C23H28ClN3O3S. The Hall–Kier alpha value is -1.93. The van der Waals surface area contributed by atoms with Crippen LogP contribution in [0.25, 0.3) is 0 Å². The molecule has 1 saturated carbocycles. The Morgan fingerprint density at radius 2 is 1.68 bits per heavy atom. The number of carbonyl (C=O) groups is 1. The van der Waals surface area contributed by atoms with Crippen molar-refractivity contribution in [2.24, 2.45) is 0 Å². The van der Waals surface area contributed by atoms with Crippen molar-refractivity contribution in [3.8, 4) is 0 Å². The topological polar surface area (TPSA) is 78.5 Å². The summed E-state index contributed by atoms with van der Waals surface area (Å²) >= 11 is 5.84. The van der Waals surface area contributed by atoms with Crippen LogP contribution in [0, 0.1) is 0 Å². The molecule has 6 nitrogen and oxygen atoms in total. The van der Waals surface area contributed by atoms with Gasteiger partial charge in [0.1, 0.15) is 0 Å². The summed E-state index contributed by atoms with van der Waals surface area (Å²) in [4.78, 5) is 14.8. The summed E-state index contributed by atoms with van der Waals surface area (Å²) in [7, 11) is -3.57. The van der Waals surface area contributed by atoms with E-state index in [9.17, 15) is 13.2 Å². The van der Waals surface area contributed by atoms with Crippen molar-refractivity contribution >= 4 is 27.5 Å². The summed E-state index contributed by atoms with van der Waals surface area (Å²) in [5, 5.41) is 3.61. The lowest BCUT2D eigenvalue weighted by molar-refractivity contribution is -0.122. The molecule has 2 fully saturated rings. The van der Waals surface area contributed by atoms with Gasteiger partial charge in [0, 0.05) is 36.1 Å². The Bertz CT molecular complexity index is 1000. The fourth-order valence-corrected chi connectivity index (χ4v) is 5.58. The van der Waals surface area contributed by atoms with Crippen LogP contribution in [-0.4, -0.2) is 51.4 Å². The number of nitrogens with zero attached hydrogens (tertiary/aromatic N) is 1. The van der Waals surface area contributed by atoms with E-state index in [1.807, 2.05) is 18.2 Å². The number of piperidine rings is 1. The van der Waals surface area contributed by atoms with Crippen LogP contribution in [0.3, 0.4) is 0 Å². The first kappa shape index (κ1) is 22.3. The van der Waals surface area contributed by atoms with Crippen LogP contribution in [0.5, 0.6) is 0 Å². The molecule has 166 valence electrons. The third-order valence-corrected chi connectivity index (χ3v) is 8.05. The Kier molecular flexibility index (Phi) is 6.67. The first-order chi connectivity index (χ1) is 14.9. The molecule has 2 aromatic rings. The minimum Gasteiger partial charge on any atom is -0.354 e. The van der Waals surface area contributed by atoms with Crippen molar-refractivity contribution in [1.29, 1.82) is 0 Å². The monoisotopic (exact) mass is 461 g/mol. The molecule has 0 unspecified atom stereocenters. The molecule has 0 atom stereocenters. The zero-order chi connectivity index (χ0) is 21.9. The highest BCUT2D eigenvalue weighted by Gasteiger charge is 2.44. The van der Waals surface area contributed by atoms with Crippen molar-refractivity contribution in [3.63, 3.8) is 0 Å². The van der Waals surface area contributed by atoms with Gasteiger partial charge in [-0.1, -0.05) is 41.9 Å². The van der Waals surface area contributed by atoms with Gasteiger partial charge in [-0.3, -0.25) is 9.69 Å². The number of amides is 1. The van der Waals surface area contributed by atoms with E-state index >= 15 is 0 Å². The quantitative estimate of drug-likeness (QED) is 0.633. The third-order valence-electron chi connectivity index (χ3n) is 6.26. The van der Waals surface area contributed by atoms with Crippen LogP contribution < -0.4 is 10.0 Å². The summed E-state index contributed by atoms with van der Waals surface area (Å²) in [6.07, 6.45) is 3.56. The number of nitrogens with one attached hydrogen (secondary N) is 2. The maximum absolute atomic E-state index is 12.5. The highest BCUT2D eigenvalue weighted by Crippen LogP contribution is 2.47. The minimum atomic E-state index is -3.57. The maximum atomic E-state index is 12.5. The van der Waals surface area contributed by atoms with Crippen molar-refractivity contribution in [2.75, 3.05) is 26.2 Å². The zero-order valence-electron chi connectivity index (χ0n) is 17.4. The van der Waals surface area contributed by atoms with Crippen molar-refractivity contribution in [3.05, 3.63) is 65.2 Å². The van der Waals surface area contributed by atoms with Gasteiger partial charge in [0.25, 0.3) is 0 Å². The van der Waals surface area contributed by atoms with Gasteiger partial charge < -0.3 is 5.32 Å². The summed E-state index contributed by atoms with van der Waals surface area (Å²) in [5.41, 5.74) is 1.40. The molecule has 0 bridgehead atoms. The van der Waals surface area contributed by atoms with Crippen molar-refractivity contribution < 1.29 is 13.2 Å². The van der Waals surface area contributed by atoms with E-state index in [0.717, 1.165) is 12.8 Å². The van der Waals surface area contributed by atoms with Crippen molar-refractivity contribution in [2.45, 2.75) is 42.0 Å². The molecule has 2 aromatic carbocycles. The second-order valence-electron chi connectivity index (χ2n) is 8.55. The largest absolute Gasteiger partial charge is 0.354 e. The second-order valence-corrected chi connectivity index (χ2v) is 10.7. The summed E-state index contributed by atoms with van der Waals surface area (Å²) in [5.74, 6) is 0.0300. The number of benzene rings is 2. The zero-order valence-corrected chi connectivity index (χ0v) is 19.0. The number of halogens is 1. The molecule has 1 amide bonds. The van der Waals surface area contributed by atoms with Crippen LogP contribution in [-0.2, 0) is 20.2 Å². The first-order valence-electron chi connectivity index (χ1n) is 10.7. The second kappa shape index (κ2) is 9.28. The highest BCUT2D eigenvalue weighted by molar-refractivity contribution is 7.89. The molecule has 31 heavy (non-hydrogen) atoms. The molecule has 4 rings (SSSR count). The molecule has 8 heteroatoms. The summed E-state index contributed by atoms with van der Waals surface area (Å²) in [6, 6.07) is 16.4. The van der Waals surface area contributed by atoms with E-state index in [0.29, 0.717) is 44.0 Å². The van der Waals surface area contributed by atoms with Gasteiger partial charge in [0.2, 0.25) is 15.9 Å². The number of rotatable bonds is 8. The fraction of sp³-hybridized carbons (Fsp3) is 0.435. The smallest absolute Gasteiger partial charge is 0.240 e. The normalized spacial score (nSPS) is 19.1. The van der Waals surface area contributed by atoms with E-state index < -0.39 is 10.0 Å². The van der Waals surface area contributed by atoms with Crippen LogP contribution in [0.15, 0.2) is 59.5 Å². The molecule has 0 aromatic heterocycles. The standard InChI is InChI=1S/C23H28ClN3O3S/c24-19-6-8-21(9-7-19)31(29,30)26-20-10-14-27(15-11-20)16-22(28)25-17-23(12-13-23)18-4-2-1-3-5-18/h1-9,20,26H,10-17H2,(H,25,28). The van der Waals surface area contributed by atoms with Gasteiger partial charge in [0.15, 0.2) is 0 Å². The molecule has 1 aliphatic heterocycles. The molecule has 2 aliphatic rings. The average molecular weight is 462 g/mol. The van der Waals surface area contributed by atoms with E-state index in [1.54, 1.807) is 12.1 Å². The Morgan fingerprint density at radius 3 is 2.29 bits per heavy atom. The van der Waals surface area contributed by atoms with Gasteiger partial charge in [-0.15, -0.1) is 0 Å². The molecule has 0 spiro atoms. The molecule has 1 saturated heterocycles. The Morgan fingerprint density at radius 1 is 1.03 bits per heavy atom. The average Bonchev–Trinajstić information content (AvgIpc) is 3.56. The fourth-order valence-electron chi connectivity index (χ4n) is 4.15. The van der Waals surface area contributed by atoms with Crippen LogP contribution >= 0.6 is 11.6 Å². The SMILES string of the molecule is O=C(CN1CCC(NS(=O)(=O)c2ccc(Cl)cc2)CC1)NCC1(c2ccccc2)CC1. The van der Waals surface area contributed by atoms with Crippen LogP contribution in [0.2, 0.25) is 5.02 Å². The van der Waals surface area contributed by atoms with Gasteiger partial charge in [-0.2, -0.15) is 0 Å². The lowest BCUT2D eigenvalue weighted by Crippen LogP contribution is -2.47. The Labute approximate surface area is 189 Å². The molecule has 1 aliphatic carbocycles. The van der Waals surface area contributed by atoms with Gasteiger partial charge in [-0.05, 0) is 55.5 Å². The summed E-state index contributed by atoms with van der Waals surface area (Å²) < 4.78 is 27.9. The van der Waals surface area contributed by atoms with Gasteiger partial charge >= 0.3 is 0 Å². The number of sulfonamides is 1. The van der Waals surface area contributed by atoms with E-state index in [2.05, 4.69) is 27.1 Å². The van der Waals surface area contributed by atoms with Gasteiger partial charge in [0.05, 0.1) is 11.4 Å². The molecule has 0 radical (unpaired) electrons. The Balaban J connectivity index is 1.21. The van der Waals surface area contributed by atoms with E-state index in [4.69, 9.17) is 11.6 Å². The van der Waals surface area contributed by atoms with E-state index in [1.165, 1.54) is 17.7 Å². The van der Waals surface area contributed by atoms with Crippen molar-refractivity contribution in [1.82, 2.24) is 14.9 Å². The lowest BCUT2D eigenvalue weighted by Gasteiger charge is -2.31. The number of carbonyl (C=O) groups excluding carboxylic acids is 1. The summed E-state index contributed by atoms with van der Waals surface area (Å²) in [6.45, 7) is 2.39. The highest BCUT2D eigenvalue weighted by atomic mass is 35.5.